The van der Waals surface area contributed by atoms with E-state index in [1.807, 2.05) is 49.4 Å². The van der Waals surface area contributed by atoms with Crippen LogP contribution in [-0.4, -0.2) is 12.6 Å². The number of rotatable bonds is 10. The van der Waals surface area contributed by atoms with Crippen molar-refractivity contribution in [1.82, 2.24) is 0 Å². The van der Waals surface area contributed by atoms with Crippen LogP contribution >= 0.6 is 0 Å². The van der Waals surface area contributed by atoms with Crippen molar-refractivity contribution < 1.29 is 14.3 Å². The molecule has 0 saturated heterocycles. The molecule has 0 unspecified atom stereocenters. The van der Waals surface area contributed by atoms with Gasteiger partial charge in [-0.25, -0.2) is 4.79 Å². The molecule has 142 valence electrons. The minimum absolute atomic E-state index is 0.388. The van der Waals surface area contributed by atoms with Crippen molar-refractivity contribution in [3.05, 3.63) is 72.8 Å². The normalized spacial score (nSPS) is 11.2. The zero-order valence-electron chi connectivity index (χ0n) is 16.2. The summed E-state index contributed by atoms with van der Waals surface area (Å²) in [5.74, 6) is 1.04. The lowest BCUT2D eigenvalue weighted by molar-refractivity contribution is -0.128. The molecule has 0 fully saturated rings. The van der Waals surface area contributed by atoms with E-state index in [0.29, 0.717) is 5.75 Å². The molecule has 27 heavy (non-hydrogen) atoms. The molecule has 0 bridgehead atoms. The molecule has 2 rings (SSSR count). The van der Waals surface area contributed by atoms with Gasteiger partial charge < -0.3 is 9.47 Å². The van der Waals surface area contributed by atoms with Crippen molar-refractivity contribution in [3.63, 3.8) is 0 Å². The van der Waals surface area contributed by atoms with Gasteiger partial charge in [0.05, 0.1) is 6.61 Å². The highest BCUT2D eigenvalue weighted by Gasteiger charge is 2.03. The Morgan fingerprint density at radius 1 is 0.852 bits per heavy atom. The second-order valence-electron chi connectivity index (χ2n) is 6.26. The number of carbonyl (C=O) groups excluding carboxylic acids is 1. The van der Waals surface area contributed by atoms with Crippen LogP contribution in [0.1, 0.15) is 39.5 Å². The second-order valence-corrected chi connectivity index (χ2v) is 6.26. The summed E-state index contributed by atoms with van der Waals surface area (Å²) >= 11 is 0. The van der Waals surface area contributed by atoms with Crippen LogP contribution in [0.3, 0.4) is 0 Å². The first kappa shape index (κ1) is 20.5. The van der Waals surface area contributed by atoms with Crippen LogP contribution in [0.2, 0.25) is 0 Å². The molecule has 0 aliphatic rings. The minimum atomic E-state index is -0.388. The number of carbonyl (C=O) groups is 1. The lowest BCUT2D eigenvalue weighted by atomic mass is 10.1. The van der Waals surface area contributed by atoms with E-state index >= 15 is 0 Å². The molecule has 3 heteroatoms. The Labute approximate surface area is 162 Å². The number of esters is 1. The first-order valence-electron chi connectivity index (χ1n) is 9.57. The Hall–Kier alpha value is -2.81. The molecule has 0 N–H and O–H groups in total. The van der Waals surface area contributed by atoms with Crippen LogP contribution in [0.25, 0.3) is 11.1 Å². The monoisotopic (exact) mass is 364 g/mol. The molecule has 0 atom stereocenters. The van der Waals surface area contributed by atoms with Gasteiger partial charge in [0.1, 0.15) is 11.5 Å². The Kier molecular flexibility index (Phi) is 8.91. The summed E-state index contributed by atoms with van der Waals surface area (Å²) in [6.07, 6.45) is 11.5. The maximum atomic E-state index is 11.7. The largest absolute Gasteiger partial charge is 0.494 e. The highest BCUT2D eigenvalue weighted by atomic mass is 16.5. The molecule has 0 saturated carbocycles. The SMILES string of the molecule is CC=CC=CC(=O)Oc1ccc(-c2ccc(OCCCCCC)cc2)cc1. The molecule has 0 spiro atoms. The number of hydrogen-bond donors (Lipinski definition) is 0. The number of benzene rings is 2. The van der Waals surface area contributed by atoms with E-state index in [-0.39, 0.29) is 5.97 Å². The fourth-order valence-electron chi connectivity index (χ4n) is 2.57. The van der Waals surface area contributed by atoms with Crippen molar-refractivity contribution in [2.75, 3.05) is 6.61 Å². The van der Waals surface area contributed by atoms with Gasteiger partial charge in [0.25, 0.3) is 0 Å². The van der Waals surface area contributed by atoms with Crippen molar-refractivity contribution in [1.29, 1.82) is 0 Å². The van der Waals surface area contributed by atoms with E-state index < -0.39 is 0 Å². The number of ether oxygens (including phenoxy) is 2. The van der Waals surface area contributed by atoms with Crippen molar-refractivity contribution >= 4 is 5.97 Å². The molecular weight excluding hydrogens is 336 g/mol. The third kappa shape index (κ3) is 7.53. The Bertz CT molecular complexity index is 740. The van der Waals surface area contributed by atoms with E-state index in [1.165, 1.54) is 25.3 Å². The van der Waals surface area contributed by atoms with Gasteiger partial charge in [-0.05, 0) is 48.7 Å². The molecule has 2 aromatic carbocycles. The van der Waals surface area contributed by atoms with Crippen LogP contribution in [0.5, 0.6) is 11.5 Å². The van der Waals surface area contributed by atoms with Crippen molar-refractivity contribution in [3.8, 4) is 22.6 Å². The van der Waals surface area contributed by atoms with Crippen LogP contribution in [-0.2, 0) is 4.79 Å². The van der Waals surface area contributed by atoms with E-state index in [2.05, 4.69) is 6.92 Å². The Morgan fingerprint density at radius 3 is 2.07 bits per heavy atom. The van der Waals surface area contributed by atoms with Gasteiger partial charge in [0.15, 0.2) is 0 Å². The summed E-state index contributed by atoms with van der Waals surface area (Å²) in [4.78, 5) is 11.7. The predicted octanol–water partition coefficient (Wildman–Crippen LogP) is 6.35. The Balaban J connectivity index is 1.88. The smallest absolute Gasteiger partial charge is 0.336 e. The number of unbranched alkanes of at least 4 members (excludes halogenated alkanes) is 3. The van der Waals surface area contributed by atoms with Gasteiger partial charge in [-0.3, -0.25) is 0 Å². The van der Waals surface area contributed by atoms with Crippen molar-refractivity contribution in [2.45, 2.75) is 39.5 Å². The van der Waals surface area contributed by atoms with Crippen LogP contribution in [0, 0.1) is 0 Å². The first-order chi connectivity index (χ1) is 13.2. The maximum Gasteiger partial charge on any atom is 0.336 e. The first-order valence-corrected chi connectivity index (χ1v) is 9.57. The molecule has 0 amide bonds. The minimum Gasteiger partial charge on any atom is -0.494 e. The lowest BCUT2D eigenvalue weighted by Gasteiger charge is -2.08. The summed E-state index contributed by atoms with van der Waals surface area (Å²) in [7, 11) is 0. The summed E-state index contributed by atoms with van der Waals surface area (Å²) in [6, 6.07) is 15.6. The topological polar surface area (TPSA) is 35.5 Å². The Morgan fingerprint density at radius 2 is 1.48 bits per heavy atom. The molecule has 0 radical (unpaired) electrons. The summed E-state index contributed by atoms with van der Waals surface area (Å²) < 4.78 is 11.0. The zero-order chi connectivity index (χ0) is 19.3. The van der Waals surface area contributed by atoms with Gasteiger partial charge in [0, 0.05) is 6.08 Å². The van der Waals surface area contributed by atoms with Gasteiger partial charge in [-0.1, -0.05) is 68.7 Å². The van der Waals surface area contributed by atoms with E-state index in [0.717, 1.165) is 29.9 Å². The van der Waals surface area contributed by atoms with E-state index in [1.54, 1.807) is 24.3 Å². The molecule has 3 nitrogen and oxygen atoms in total. The molecule has 0 aliphatic carbocycles. The third-order valence-corrected chi connectivity index (χ3v) is 4.06. The summed E-state index contributed by atoms with van der Waals surface area (Å²) in [5, 5.41) is 0. The van der Waals surface area contributed by atoms with Crippen LogP contribution < -0.4 is 9.47 Å². The molecule has 2 aromatic rings. The van der Waals surface area contributed by atoms with Gasteiger partial charge in [-0.15, -0.1) is 0 Å². The average molecular weight is 364 g/mol. The molecule has 0 aromatic heterocycles. The quantitative estimate of drug-likeness (QED) is 0.162. The van der Waals surface area contributed by atoms with Crippen molar-refractivity contribution in [2.24, 2.45) is 0 Å². The van der Waals surface area contributed by atoms with Gasteiger partial charge in [-0.2, -0.15) is 0 Å². The average Bonchev–Trinajstić information content (AvgIpc) is 2.69. The second kappa shape index (κ2) is 11.7. The van der Waals surface area contributed by atoms with Crippen LogP contribution in [0.4, 0.5) is 0 Å². The maximum absolute atomic E-state index is 11.7. The molecular formula is C24H28O3. The van der Waals surface area contributed by atoms with Crippen LogP contribution in [0.15, 0.2) is 72.8 Å². The number of hydrogen-bond acceptors (Lipinski definition) is 3. The van der Waals surface area contributed by atoms with E-state index in [4.69, 9.17) is 9.47 Å². The fourth-order valence-corrected chi connectivity index (χ4v) is 2.57. The van der Waals surface area contributed by atoms with Gasteiger partial charge in [0.2, 0.25) is 0 Å². The standard InChI is InChI=1S/C24H28O3/c1-3-5-7-9-19-26-22-15-11-20(12-16-22)21-13-17-23(18-14-21)27-24(25)10-8-6-4-2/h4,6,8,10-18H,3,5,7,9,19H2,1-2H3. The lowest BCUT2D eigenvalue weighted by Crippen LogP contribution is -2.03. The highest BCUT2D eigenvalue weighted by molar-refractivity contribution is 5.84. The van der Waals surface area contributed by atoms with E-state index in [9.17, 15) is 4.79 Å². The zero-order valence-corrected chi connectivity index (χ0v) is 16.2. The van der Waals surface area contributed by atoms with Gasteiger partial charge >= 0.3 is 5.97 Å². The summed E-state index contributed by atoms with van der Waals surface area (Å²) in [6.45, 7) is 4.86. The predicted molar refractivity (Wildman–Crippen MR) is 111 cm³/mol. The fraction of sp³-hybridized carbons (Fsp3) is 0.292. The number of allylic oxidation sites excluding steroid dienone is 3. The molecule has 0 aliphatic heterocycles. The summed E-state index contributed by atoms with van der Waals surface area (Å²) in [5.41, 5.74) is 2.16. The third-order valence-electron chi connectivity index (χ3n) is 4.06. The highest BCUT2D eigenvalue weighted by Crippen LogP contribution is 2.25. The molecule has 0 heterocycles.